The van der Waals surface area contributed by atoms with E-state index in [1.165, 1.54) is 6.33 Å². The Bertz CT molecular complexity index is 366. The van der Waals surface area contributed by atoms with Crippen LogP contribution in [0.1, 0.15) is 39.2 Å². The summed E-state index contributed by atoms with van der Waals surface area (Å²) in [5, 5.41) is 9.13. The van der Waals surface area contributed by atoms with E-state index in [0.717, 1.165) is 11.4 Å². The number of anilines is 2. The molecule has 0 atom stereocenters. The summed E-state index contributed by atoms with van der Waals surface area (Å²) in [5.41, 5.74) is 6.87. The molecule has 0 bridgehead atoms. The van der Waals surface area contributed by atoms with Crippen molar-refractivity contribution in [3.05, 3.63) is 11.9 Å². The van der Waals surface area contributed by atoms with Crippen LogP contribution in [0.2, 0.25) is 0 Å². The number of nitrogens with zero attached hydrogens (tertiary/aromatic N) is 3. The van der Waals surface area contributed by atoms with Gasteiger partial charge in [0.25, 0.3) is 0 Å². The van der Waals surface area contributed by atoms with Crippen molar-refractivity contribution in [1.82, 2.24) is 9.97 Å². The standard InChI is InChI=1S/C12H22N4O/c1-8(2)10-11(13)14-7-15-12(10)16(5-6-17)9(3)4/h7-9,17H,5-6H2,1-4H3,(H2,13,14,15). The van der Waals surface area contributed by atoms with Gasteiger partial charge in [-0.25, -0.2) is 9.97 Å². The lowest BCUT2D eigenvalue weighted by Crippen LogP contribution is -2.35. The molecule has 1 rings (SSSR count). The molecular weight excluding hydrogens is 216 g/mol. The highest BCUT2D eigenvalue weighted by Crippen LogP contribution is 2.29. The molecule has 0 fully saturated rings. The van der Waals surface area contributed by atoms with E-state index in [4.69, 9.17) is 10.8 Å². The zero-order valence-corrected chi connectivity index (χ0v) is 11.0. The van der Waals surface area contributed by atoms with E-state index in [1.54, 1.807) is 0 Å². The fraction of sp³-hybridized carbons (Fsp3) is 0.667. The Hall–Kier alpha value is -1.36. The van der Waals surface area contributed by atoms with Gasteiger partial charge in [0, 0.05) is 18.2 Å². The number of nitrogen functional groups attached to an aromatic ring is 1. The molecule has 0 aliphatic heterocycles. The van der Waals surface area contributed by atoms with Gasteiger partial charge in [-0.1, -0.05) is 13.8 Å². The summed E-state index contributed by atoms with van der Waals surface area (Å²) >= 11 is 0. The van der Waals surface area contributed by atoms with Crippen molar-refractivity contribution in [2.45, 2.75) is 39.7 Å². The van der Waals surface area contributed by atoms with Crippen molar-refractivity contribution in [3.8, 4) is 0 Å². The van der Waals surface area contributed by atoms with Crippen LogP contribution in [0.5, 0.6) is 0 Å². The minimum Gasteiger partial charge on any atom is -0.395 e. The van der Waals surface area contributed by atoms with Crippen molar-refractivity contribution in [3.63, 3.8) is 0 Å². The predicted molar refractivity (Wildman–Crippen MR) is 70.1 cm³/mol. The van der Waals surface area contributed by atoms with Gasteiger partial charge in [-0.15, -0.1) is 0 Å². The van der Waals surface area contributed by atoms with E-state index in [2.05, 4.69) is 37.7 Å². The third-order valence-electron chi connectivity index (χ3n) is 2.71. The molecule has 1 aromatic heterocycles. The molecule has 17 heavy (non-hydrogen) atoms. The monoisotopic (exact) mass is 238 g/mol. The SMILES string of the molecule is CC(C)c1c(N)ncnc1N(CCO)C(C)C. The third-order valence-corrected chi connectivity index (χ3v) is 2.71. The number of aromatic nitrogens is 2. The van der Waals surface area contributed by atoms with Crippen LogP contribution in [0.15, 0.2) is 6.33 Å². The van der Waals surface area contributed by atoms with E-state index in [-0.39, 0.29) is 18.6 Å². The lowest BCUT2D eigenvalue weighted by molar-refractivity contribution is 0.298. The summed E-state index contributed by atoms with van der Waals surface area (Å²) in [6, 6.07) is 0.258. The lowest BCUT2D eigenvalue weighted by Gasteiger charge is -2.30. The number of aliphatic hydroxyl groups is 1. The highest BCUT2D eigenvalue weighted by molar-refractivity contribution is 5.58. The Morgan fingerprint density at radius 2 is 1.94 bits per heavy atom. The number of nitrogens with two attached hydrogens (primary N) is 1. The maximum Gasteiger partial charge on any atom is 0.137 e. The summed E-state index contributed by atoms with van der Waals surface area (Å²) in [6.45, 7) is 8.91. The van der Waals surface area contributed by atoms with Gasteiger partial charge in [0.2, 0.25) is 0 Å². The van der Waals surface area contributed by atoms with Crippen molar-refractivity contribution in [2.24, 2.45) is 0 Å². The first-order valence-electron chi connectivity index (χ1n) is 5.96. The molecule has 1 aromatic rings. The average molecular weight is 238 g/mol. The summed E-state index contributed by atoms with van der Waals surface area (Å²) in [6.07, 6.45) is 1.48. The van der Waals surface area contributed by atoms with E-state index in [9.17, 15) is 0 Å². The van der Waals surface area contributed by atoms with Gasteiger partial charge in [-0.3, -0.25) is 0 Å². The fourth-order valence-electron chi connectivity index (χ4n) is 1.90. The average Bonchev–Trinajstić information content (AvgIpc) is 2.24. The van der Waals surface area contributed by atoms with Crippen molar-refractivity contribution < 1.29 is 5.11 Å². The van der Waals surface area contributed by atoms with Crippen LogP contribution in [-0.2, 0) is 0 Å². The molecule has 0 aromatic carbocycles. The molecule has 0 unspecified atom stereocenters. The second kappa shape index (κ2) is 5.82. The number of hydrogen-bond donors (Lipinski definition) is 2. The van der Waals surface area contributed by atoms with Crippen molar-refractivity contribution >= 4 is 11.6 Å². The van der Waals surface area contributed by atoms with Crippen LogP contribution in [0.3, 0.4) is 0 Å². The topological polar surface area (TPSA) is 75.3 Å². The summed E-state index contributed by atoms with van der Waals surface area (Å²) in [4.78, 5) is 10.4. The molecule has 0 radical (unpaired) electrons. The highest BCUT2D eigenvalue weighted by Gasteiger charge is 2.20. The number of aliphatic hydroxyl groups excluding tert-OH is 1. The molecule has 0 saturated carbocycles. The van der Waals surface area contributed by atoms with Crippen LogP contribution in [0.4, 0.5) is 11.6 Å². The van der Waals surface area contributed by atoms with E-state index < -0.39 is 0 Å². The Morgan fingerprint density at radius 3 is 2.41 bits per heavy atom. The second-order valence-corrected chi connectivity index (χ2v) is 4.66. The number of rotatable bonds is 5. The summed E-state index contributed by atoms with van der Waals surface area (Å²) < 4.78 is 0. The first-order valence-corrected chi connectivity index (χ1v) is 5.96. The fourth-order valence-corrected chi connectivity index (χ4v) is 1.90. The minimum atomic E-state index is 0.0968. The quantitative estimate of drug-likeness (QED) is 0.810. The molecule has 0 aliphatic carbocycles. The molecule has 96 valence electrons. The molecule has 0 amide bonds. The third kappa shape index (κ3) is 3.06. The van der Waals surface area contributed by atoms with E-state index >= 15 is 0 Å². The highest BCUT2D eigenvalue weighted by atomic mass is 16.3. The van der Waals surface area contributed by atoms with Crippen molar-refractivity contribution in [2.75, 3.05) is 23.8 Å². The molecule has 0 aliphatic rings. The van der Waals surface area contributed by atoms with Crippen LogP contribution < -0.4 is 10.6 Å². The maximum atomic E-state index is 9.13. The van der Waals surface area contributed by atoms with Gasteiger partial charge in [0.15, 0.2) is 0 Å². The van der Waals surface area contributed by atoms with Gasteiger partial charge < -0.3 is 15.7 Å². The smallest absolute Gasteiger partial charge is 0.137 e. The van der Waals surface area contributed by atoms with E-state index in [0.29, 0.717) is 12.4 Å². The van der Waals surface area contributed by atoms with Crippen LogP contribution in [0.25, 0.3) is 0 Å². The molecule has 0 spiro atoms. The van der Waals surface area contributed by atoms with Gasteiger partial charge in [0.05, 0.1) is 6.61 Å². The predicted octanol–water partition coefficient (Wildman–Crippen LogP) is 1.39. The van der Waals surface area contributed by atoms with Crippen LogP contribution in [-0.4, -0.2) is 34.3 Å². The molecule has 5 heteroatoms. The molecular formula is C12H22N4O. The minimum absolute atomic E-state index is 0.0968. The molecule has 1 heterocycles. The second-order valence-electron chi connectivity index (χ2n) is 4.66. The van der Waals surface area contributed by atoms with Crippen LogP contribution >= 0.6 is 0 Å². The van der Waals surface area contributed by atoms with Crippen molar-refractivity contribution in [1.29, 1.82) is 0 Å². The Labute approximate surface area is 103 Å². The lowest BCUT2D eigenvalue weighted by atomic mass is 10.0. The first-order chi connectivity index (χ1) is 7.99. The van der Waals surface area contributed by atoms with E-state index in [1.807, 2.05) is 4.90 Å². The number of hydrogen-bond acceptors (Lipinski definition) is 5. The van der Waals surface area contributed by atoms with Crippen LogP contribution in [0, 0.1) is 0 Å². The Balaban J connectivity index is 3.22. The van der Waals surface area contributed by atoms with Gasteiger partial charge in [-0.05, 0) is 19.8 Å². The molecule has 5 nitrogen and oxygen atoms in total. The largest absolute Gasteiger partial charge is 0.395 e. The Morgan fingerprint density at radius 1 is 1.29 bits per heavy atom. The molecule has 0 saturated heterocycles. The molecule has 3 N–H and O–H groups in total. The summed E-state index contributed by atoms with van der Waals surface area (Å²) in [5.74, 6) is 1.61. The zero-order chi connectivity index (χ0) is 13.0. The first kappa shape index (κ1) is 13.7. The normalized spacial score (nSPS) is 11.2. The van der Waals surface area contributed by atoms with Gasteiger partial charge in [-0.2, -0.15) is 0 Å². The zero-order valence-electron chi connectivity index (χ0n) is 11.0. The maximum absolute atomic E-state index is 9.13. The Kier molecular flexibility index (Phi) is 4.69. The van der Waals surface area contributed by atoms with Gasteiger partial charge >= 0.3 is 0 Å². The van der Waals surface area contributed by atoms with Gasteiger partial charge in [0.1, 0.15) is 18.0 Å². The summed E-state index contributed by atoms with van der Waals surface area (Å²) in [7, 11) is 0.